The fourth-order valence-corrected chi connectivity index (χ4v) is 2.96. The van der Waals surface area contributed by atoms with Gasteiger partial charge < -0.3 is 6.15 Å². The van der Waals surface area contributed by atoms with Crippen molar-refractivity contribution in [3.05, 3.63) is 93.7 Å². The minimum atomic E-state index is 0. The summed E-state index contributed by atoms with van der Waals surface area (Å²) in [4.78, 5) is 8.99. The molecule has 3 nitrogen and oxygen atoms in total. The third kappa shape index (κ3) is 6.71. The fraction of sp³-hybridized carbons (Fsp3) is 0. The van der Waals surface area contributed by atoms with Crippen molar-refractivity contribution in [3.8, 4) is 0 Å². The van der Waals surface area contributed by atoms with E-state index in [1.807, 2.05) is 30.3 Å². The predicted molar refractivity (Wildman–Crippen MR) is 120 cm³/mol. The molecular formula is C20H15BrCl3FeN3. The van der Waals surface area contributed by atoms with E-state index in [0.29, 0.717) is 10.0 Å². The van der Waals surface area contributed by atoms with Gasteiger partial charge in [0.15, 0.2) is 0 Å². The van der Waals surface area contributed by atoms with Gasteiger partial charge in [-0.2, -0.15) is 30.8 Å². The van der Waals surface area contributed by atoms with Crippen LogP contribution in [0.25, 0.3) is 21.8 Å². The summed E-state index contributed by atoms with van der Waals surface area (Å²) in [5.74, 6) is 0. The molecule has 0 radical (unpaired) electrons. The first-order chi connectivity index (χ1) is 12.1. The SMILES string of the molecule is C=[C-]c1ccc2ccc3ccc(Br)nc3c2n1.Cl.Clc1[c-]c(Cl)ccc1.N.[Fe+2]. The number of pyridine rings is 2. The summed E-state index contributed by atoms with van der Waals surface area (Å²) in [6.07, 6.45) is 2.80. The number of nitrogens with zero attached hydrogens (tertiary/aromatic N) is 2. The molecule has 2 aromatic carbocycles. The molecule has 0 atom stereocenters. The van der Waals surface area contributed by atoms with Crippen molar-refractivity contribution in [1.82, 2.24) is 16.1 Å². The van der Waals surface area contributed by atoms with Crippen LogP contribution < -0.4 is 6.15 Å². The number of hydrogen-bond donors (Lipinski definition) is 1. The quantitative estimate of drug-likeness (QED) is 0.120. The van der Waals surface area contributed by atoms with Gasteiger partial charge in [-0.1, -0.05) is 28.2 Å². The Morgan fingerprint density at radius 3 is 1.86 bits per heavy atom. The van der Waals surface area contributed by atoms with E-state index < -0.39 is 0 Å². The zero-order chi connectivity index (χ0) is 17.8. The standard InChI is InChI=1S/C14H8BrN2.C6H3Cl2.ClH.Fe.H3N/c1-2-11-7-5-9-3-4-10-6-8-12(15)17-14(10)13(9)16-11;7-5-2-1-3-6(8)4-5;;;/h3-8H,1H2;1-3H;1H;;1H3/q2*-1;;+2;. The summed E-state index contributed by atoms with van der Waals surface area (Å²) in [6.45, 7) is 3.62. The summed E-state index contributed by atoms with van der Waals surface area (Å²) in [6, 6.07) is 19.9. The molecule has 0 bridgehead atoms. The molecular weight excluding hydrogens is 524 g/mol. The molecule has 2 heterocycles. The Morgan fingerprint density at radius 2 is 1.36 bits per heavy atom. The molecule has 4 aromatic rings. The number of fused-ring (bicyclic) bond motifs is 3. The maximum atomic E-state index is 5.50. The largest absolute Gasteiger partial charge is 2.00 e. The van der Waals surface area contributed by atoms with Crippen molar-refractivity contribution < 1.29 is 17.1 Å². The summed E-state index contributed by atoms with van der Waals surface area (Å²) >= 11 is 14.4. The van der Waals surface area contributed by atoms with Gasteiger partial charge in [-0.25, -0.2) is 11.1 Å². The van der Waals surface area contributed by atoms with E-state index >= 15 is 0 Å². The van der Waals surface area contributed by atoms with Gasteiger partial charge in [0.25, 0.3) is 0 Å². The Morgan fingerprint density at radius 1 is 0.857 bits per heavy atom. The van der Waals surface area contributed by atoms with Crippen molar-refractivity contribution >= 4 is 73.3 Å². The van der Waals surface area contributed by atoms with Gasteiger partial charge in [-0.3, -0.25) is 4.98 Å². The molecule has 0 amide bonds. The monoisotopic (exact) mass is 537 g/mol. The average Bonchev–Trinajstić information content (AvgIpc) is 2.61. The summed E-state index contributed by atoms with van der Waals surface area (Å²) in [5, 5.41) is 3.26. The van der Waals surface area contributed by atoms with Crippen LogP contribution in [-0.4, -0.2) is 9.97 Å². The molecule has 0 fully saturated rings. The van der Waals surface area contributed by atoms with Crippen LogP contribution in [0.3, 0.4) is 0 Å². The van der Waals surface area contributed by atoms with Crippen LogP contribution >= 0.6 is 51.5 Å². The molecule has 4 rings (SSSR count). The Bertz CT molecular complexity index is 1060. The molecule has 0 unspecified atom stereocenters. The second-order valence-electron chi connectivity index (χ2n) is 5.06. The van der Waals surface area contributed by atoms with Gasteiger partial charge >= 0.3 is 17.1 Å². The molecule has 8 heteroatoms. The van der Waals surface area contributed by atoms with E-state index in [9.17, 15) is 0 Å². The normalized spacial score (nSPS) is 9.25. The first-order valence-corrected chi connectivity index (χ1v) is 8.84. The zero-order valence-corrected chi connectivity index (χ0v) is 19.4. The van der Waals surface area contributed by atoms with Gasteiger partial charge in [-0.05, 0) is 27.4 Å². The van der Waals surface area contributed by atoms with Gasteiger partial charge in [0.05, 0.1) is 11.0 Å². The minimum absolute atomic E-state index is 0. The van der Waals surface area contributed by atoms with Crippen LogP contribution in [0.15, 0.2) is 65.8 Å². The Labute approximate surface area is 199 Å². The van der Waals surface area contributed by atoms with Crippen molar-refractivity contribution in [2.75, 3.05) is 0 Å². The fourth-order valence-electron chi connectivity index (χ4n) is 2.26. The molecule has 0 aliphatic rings. The van der Waals surface area contributed by atoms with E-state index in [1.165, 1.54) is 0 Å². The summed E-state index contributed by atoms with van der Waals surface area (Å²) in [7, 11) is 0. The van der Waals surface area contributed by atoms with Crippen LogP contribution in [0.1, 0.15) is 5.69 Å². The second kappa shape index (κ2) is 12.4. The molecule has 0 spiro atoms. The van der Waals surface area contributed by atoms with Gasteiger partial charge in [0.2, 0.25) is 0 Å². The third-order valence-electron chi connectivity index (χ3n) is 3.39. The van der Waals surface area contributed by atoms with Crippen LogP contribution in [0.5, 0.6) is 0 Å². The smallest absolute Gasteiger partial charge is 0.344 e. The van der Waals surface area contributed by atoms with Crippen LogP contribution in [-0.2, 0) is 17.1 Å². The summed E-state index contributed by atoms with van der Waals surface area (Å²) in [5.41, 5.74) is 2.53. The minimum Gasteiger partial charge on any atom is -0.344 e. The number of benzene rings is 2. The predicted octanol–water partition coefficient (Wildman–Crippen LogP) is 7.26. The van der Waals surface area contributed by atoms with E-state index in [2.05, 4.69) is 50.7 Å². The van der Waals surface area contributed by atoms with Crippen molar-refractivity contribution in [2.24, 2.45) is 0 Å². The van der Waals surface area contributed by atoms with Crippen LogP contribution in [0.2, 0.25) is 10.0 Å². The molecule has 2 aromatic heterocycles. The number of rotatable bonds is 1. The Balaban J connectivity index is 0.000000574. The third-order valence-corrected chi connectivity index (χ3v) is 4.27. The van der Waals surface area contributed by atoms with E-state index in [0.717, 1.165) is 32.1 Å². The Hall–Kier alpha value is -1.17. The van der Waals surface area contributed by atoms with Crippen molar-refractivity contribution in [1.29, 1.82) is 0 Å². The van der Waals surface area contributed by atoms with E-state index in [-0.39, 0.29) is 35.6 Å². The average molecular weight is 539 g/mol. The first kappa shape index (κ1) is 26.8. The van der Waals surface area contributed by atoms with Crippen molar-refractivity contribution in [2.45, 2.75) is 0 Å². The number of aromatic nitrogens is 2. The zero-order valence-electron chi connectivity index (χ0n) is 14.4. The topological polar surface area (TPSA) is 60.8 Å². The maximum Gasteiger partial charge on any atom is 2.00 e. The molecule has 0 saturated carbocycles. The summed E-state index contributed by atoms with van der Waals surface area (Å²) < 4.78 is 0.812. The molecule has 0 saturated heterocycles. The molecule has 3 N–H and O–H groups in total. The van der Waals surface area contributed by atoms with Crippen molar-refractivity contribution in [3.63, 3.8) is 0 Å². The van der Waals surface area contributed by atoms with Crippen LogP contribution in [0, 0.1) is 12.1 Å². The second-order valence-corrected chi connectivity index (χ2v) is 6.69. The van der Waals surface area contributed by atoms with E-state index in [4.69, 9.17) is 23.2 Å². The van der Waals surface area contributed by atoms with Gasteiger partial charge in [-0.15, -0.1) is 53.4 Å². The number of hydrogen-bond acceptors (Lipinski definition) is 3. The maximum absolute atomic E-state index is 5.50. The molecule has 0 aliphatic heterocycles. The van der Waals surface area contributed by atoms with E-state index in [1.54, 1.807) is 18.2 Å². The first-order valence-electron chi connectivity index (χ1n) is 7.29. The van der Waals surface area contributed by atoms with Gasteiger partial charge in [0.1, 0.15) is 4.60 Å². The molecule has 146 valence electrons. The molecule has 0 aliphatic carbocycles. The Kier molecular flexibility index (Phi) is 11.9. The molecule has 28 heavy (non-hydrogen) atoms. The van der Waals surface area contributed by atoms with Crippen LogP contribution in [0.4, 0.5) is 0 Å². The van der Waals surface area contributed by atoms with Gasteiger partial charge in [0, 0.05) is 5.39 Å². The number of halogens is 4.